The minimum absolute atomic E-state index is 0. The van der Waals surface area contributed by atoms with E-state index in [0.717, 1.165) is 11.1 Å². The molecule has 7 N–H and O–H groups in total. The number of carbonyl (C=O) groups is 4. The summed E-state index contributed by atoms with van der Waals surface area (Å²) in [5, 5.41) is 38.8. The number of carboxylic acids is 1. The van der Waals surface area contributed by atoms with E-state index in [4.69, 9.17) is 15.3 Å². The molecule has 0 saturated carbocycles. The first-order valence-electron chi connectivity index (χ1n) is 16.4. The molecule has 0 aromatic rings. The first-order valence-corrected chi connectivity index (χ1v) is 16.4. The Bertz CT molecular complexity index is 931. The van der Waals surface area contributed by atoms with E-state index in [9.17, 15) is 19.2 Å². The molecule has 5 atom stereocenters. The number of esters is 1. The predicted molar refractivity (Wildman–Crippen MR) is 191 cm³/mol. The van der Waals surface area contributed by atoms with E-state index >= 15 is 0 Å². The molecule has 0 aromatic carbocycles. The van der Waals surface area contributed by atoms with Gasteiger partial charge in [-0.15, -0.1) is 0 Å². The van der Waals surface area contributed by atoms with Crippen molar-refractivity contribution >= 4 is 23.5 Å². The topological polar surface area (TPSA) is 186 Å². The Morgan fingerprint density at radius 2 is 0.943 bits per heavy atom. The molecule has 18 heteroatoms. The Labute approximate surface area is 473 Å². The van der Waals surface area contributed by atoms with E-state index in [1.54, 1.807) is 6.92 Å². The van der Waals surface area contributed by atoms with Crippen LogP contribution >= 0.6 is 0 Å². The molecule has 296 valence electrons. The number of rotatable bonds is 19. The number of aliphatic carboxylic acids is 1. The molecule has 0 saturated heterocycles. The summed E-state index contributed by atoms with van der Waals surface area (Å²) in [5.41, 5.74) is 1.94. The molecule has 0 unspecified atom stereocenters. The van der Waals surface area contributed by atoms with E-state index in [1.807, 2.05) is 69.2 Å². The average Bonchev–Trinajstić information content (AvgIpc) is 2.91. The Morgan fingerprint density at radius 3 is 1.13 bits per heavy atom. The van der Waals surface area contributed by atoms with Gasteiger partial charge < -0.3 is 41.3 Å². The van der Waals surface area contributed by atoms with Crippen LogP contribution in [0, 0.1) is 0 Å². The summed E-state index contributed by atoms with van der Waals surface area (Å²) in [6, 6.07) is 0.486. The van der Waals surface area contributed by atoms with Gasteiger partial charge in [0.15, 0.2) is 0 Å². The molecule has 0 aliphatic rings. The van der Waals surface area contributed by atoms with Crippen LogP contribution in [0.4, 0.5) is 0 Å². The Balaban J connectivity index is -0.0000000563. The van der Waals surface area contributed by atoms with E-state index < -0.39 is 18.1 Å². The third kappa shape index (κ3) is 58.3. The molecule has 0 heterocycles. The van der Waals surface area contributed by atoms with Gasteiger partial charge in [-0.25, -0.2) is 0 Å². The summed E-state index contributed by atoms with van der Waals surface area (Å²) in [6.45, 7) is 32.0. The van der Waals surface area contributed by atoms with Crippen molar-refractivity contribution in [1.29, 1.82) is 0 Å². The average molecular weight is 1210 g/mol. The predicted octanol–water partition coefficient (Wildman–Crippen LogP) is 3.53. The van der Waals surface area contributed by atoms with Crippen LogP contribution in [-0.4, -0.2) is 107 Å². The zero-order chi connectivity index (χ0) is 38.0. The SMILES string of the molecule is C=C(C)[C@H](CC(=O)OC)NC(C)C.C=C(C)[C@H](CO)NC(C)C.CC(=O)[C@@H](NC(C)C)[C@@H](C)O.CC(=O)[C@H](CCC(=O)O)NC(C)C.[Y].[Y].[Y].[Y].[Y].[Y]. The van der Waals surface area contributed by atoms with E-state index in [1.165, 1.54) is 21.0 Å². The van der Waals surface area contributed by atoms with Crippen LogP contribution in [0.3, 0.4) is 0 Å². The van der Waals surface area contributed by atoms with E-state index in [-0.39, 0.29) is 257 Å². The van der Waals surface area contributed by atoms with Crippen LogP contribution in [0.1, 0.15) is 109 Å². The second-order valence-electron chi connectivity index (χ2n) is 13.0. The van der Waals surface area contributed by atoms with Crippen LogP contribution in [0.5, 0.6) is 0 Å². The third-order valence-corrected chi connectivity index (χ3v) is 6.15. The standard InChI is InChI=1S/C10H19NO2.C9H17NO3.C8H17NO2.C8H17NO.6Y/c1-7(2)9(11-8(3)4)6-10(12)13-5;1-6(2)10-8(7(3)11)4-5-9(12)13;1-5(2)9-8(6(3)10)7(4)11;1-6(2)8(5-10)9-7(3)4;;;;;;/h8-9,11H,1,6H2,2-5H3;6,8,10H,4-5H2,1-3H3,(H,12,13);5-6,8-10H,1-4H3;7-10H,1,5H2,2-4H3;;;;;;/t9-;8-;6-,8+;8-;;;;;;/m0010....../s1. The van der Waals surface area contributed by atoms with Gasteiger partial charge in [-0.2, -0.15) is 0 Å². The van der Waals surface area contributed by atoms with Crippen molar-refractivity contribution in [3.8, 4) is 0 Å². The van der Waals surface area contributed by atoms with Gasteiger partial charge in [0.1, 0.15) is 11.6 Å². The maximum absolute atomic E-state index is 11.0. The zero-order valence-electron chi connectivity index (χ0n) is 35.3. The van der Waals surface area contributed by atoms with Gasteiger partial charge in [-0.05, 0) is 41.0 Å². The van der Waals surface area contributed by atoms with Gasteiger partial charge in [0.25, 0.3) is 0 Å². The number of hydrogen-bond acceptors (Lipinski definition) is 11. The molecule has 6 radical (unpaired) electrons. The van der Waals surface area contributed by atoms with Crippen molar-refractivity contribution in [3.05, 3.63) is 24.3 Å². The summed E-state index contributed by atoms with van der Waals surface area (Å²) in [7, 11) is 1.40. The number of methoxy groups -OCH3 is 1. The summed E-state index contributed by atoms with van der Waals surface area (Å²) >= 11 is 0. The summed E-state index contributed by atoms with van der Waals surface area (Å²) in [5.74, 6) is -1.10. The number of ether oxygens (including phenoxy) is 1. The van der Waals surface area contributed by atoms with E-state index in [0.29, 0.717) is 24.9 Å². The second kappa shape index (κ2) is 50.5. The quantitative estimate of drug-likeness (QED) is 0.0739. The molecular weight excluding hydrogens is 1140 g/mol. The number of ketones is 2. The third-order valence-electron chi connectivity index (χ3n) is 6.15. The maximum atomic E-state index is 11.0. The molecule has 0 rings (SSSR count). The maximum Gasteiger partial charge on any atom is 0.307 e. The van der Waals surface area contributed by atoms with Crippen molar-refractivity contribution in [2.75, 3.05) is 13.7 Å². The van der Waals surface area contributed by atoms with Crippen LogP contribution in [0.2, 0.25) is 0 Å². The van der Waals surface area contributed by atoms with Crippen molar-refractivity contribution in [1.82, 2.24) is 21.3 Å². The fourth-order valence-electron chi connectivity index (χ4n) is 3.81. The van der Waals surface area contributed by atoms with Gasteiger partial charge in [0.05, 0.1) is 44.4 Å². The van der Waals surface area contributed by atoms with Crippen molar-refractivity contribution < 1.29 is 235 Å². The number of aliphatic hydroxyl groups excluding tert-OH is 2. The molecule has 0 bridgehead atoms. The van der Waals surface area contributed by atoms with E-state index in [2.05, 4.69) is 39.2 Å². The number of carbonyl (C=O) groups excluding carboxylic acids is 3. The van der Waals surface area contributed by atoms with Gasteiger partial charge in [-0.3, -0.25) is 19.2 Å². The van der Waals surface area contributed by atoms with Crippen LogP contribution in [0.25, 0.3) is 0 Å². The Hall–Kier alpha value is 4.14. The monoisotopic (exact) mass is 1210 g/mol. The first-order chi connectivity index (χ1) is 21.4. The minimum Gasteiger partial charge on any atom is -0.481 e. The van der Waals surface area contributed by atoms with Crippen molar-refractivity contribution in [2.45, 2.75) is 164 Å². The molecular formula is C35H70N4O8Y6. The molecule has 12 nitrogen and oxygen atoms in total. The van der Waals surface area contributed by atoms with Gasteiger partial charge in [-0.1, -0.05) is 79.7 Å². The molecule has 0 fully saturated rings. The molecule has 0 spiro atoms. The molecule has 53 heavy (non-hydrogen) atoms. The van der Waals surface area contributed by atoms with Crippen molar-refractivity contribution in [3.63, 3.8) is 0 Å². The van der Waals surface area contributed by atoms with Gasteiger partial charge >= 0.3 is 11.9 Å². The van der Waals surface area contributed by atoms with Crippen molar-refractivity contribution in [2.24, 2.45) is 0 Å². The second-order valence-corrected chi connectivity index (χ2v) is 13.0. The zero-order valence-corrected chi connectivity index (χ0v) is 52.3. The molecule has 0 aliphatic heterocycles. The Kier molecular flexibility index (Phi) is 77.2. The molecule has 0 amide bonds. The van der Waals surface area contributed by atoms with Crippen LogP contribution in [0.15, 0.2) is 24.3 Å². The van der Waals surface area contributed by atoms with Crippen LogP contribution < -0.4 is 21.3 Å². The number of aliphatic hydroxyl groups is 2. The van der Waals surface area contributed by atoms with Gasteiger partial charge in [0.2, 0.25) is 0 Å². The molecule has 0 aliphatic carbocycles. The summed E-state index contributed by atoms with van der Waals surface area (Å²) in [4.78, 5) is 43.2. The normalized spacial score (nSPS) is 12.3. The number of Topliss-reactive ketones (excluding diaryl/α,β-unsaturated/α-hetero) is 2. The largest absolute Gasteiger partial charge is 0.481 e. The number of nitrogens with one attached hydrogen (secondary N) is 4. The first kappa shape index (κ1) is 81.0. The Morgan fingerprint density at radius 1 is 0.604 bits per heavy atom. The molecule has 0 aromatic heterocycles. The smallest absolute Gasteiger partial charge is 0.307 e. The van der Waals surface area contributed by atoms with Gasteiger partial charge in [0, 0.05) is 233 Å². The summed E-state index contributed by atoms with van der Waals surface area (Å²) in [6.07, 6.45) is 0.131. The fourth-order valence-corrected chi connectivity index (χ4v) is 3.81. The number of hydrogen-bond donors (Lipinski definition) is 7. The summed E-state index contributed by atoms with van der Waals surface area (Å²) < 4.78 is 4.59. The fraction of sp³-hybridized carbons (Fsp3) is 0.771. The number of carboxylic acid groups (broad SMARTS) is 1. The van der Waals surface area contributed by atoms with Crippen LogP contribution in [-0.2, 0) is 220 Å². The minimum atomic E-state index is -0.864.